The van der Waals surface area contributed by atoms with E-state index in [-0.39, 0.29) is 18.2 Å². The van der Waals surface area contributed by atoms with Crippen LogP contribution in [-0.4, -0.2) is 28.7 Å². The van der Waals surface area contributed by atoms with Crippen LogP contribution in [0.5, 0.6) is 0 Å². The van der Waals surface area contributed by atoms with Gasteiger partial charge >= 0.3 is 0 Å². The molecule has 2 heterocycles. The summed E-state index contributed by atoms with van der Waals surface area (Å²) in [5.41, 5.74) is 1.75. The van der Waals surface area contributed by atoms with Gasteiger partial charge in [0.2, 0.25) is 11.8 Å². The van der Waals surface area contributed by atoms with Gasteiger partial charge in [-0.2, -0.15) is 0 Å². The molecule has 3 rings (SSSR count). The maximum Gasteiger partial charge on any atom is 0.259 e. The molecule has 1 unspecified atom stereocenters. The molecule has 1 aromatic carbocycles. The zero-order chi connectivity index (χ0) is 14.4. The number of imide groups is 1. The van der Waals surface area contributed by atoms with Crippen LogP contribution in [0.2, 0.25) is 0 Å². The first kappa shape index (κ1) is 13.1. The van der Waals surface area contributed by atoms with E-state index in [1.807, 2.05) is 0 Å². The van der Waals surface area contributed by atoms with Gasteiger partial charge in [0.05, 0.1) is 0 Å². The second kappa shape index (κ2) is 4.56. The van der Waals surface area contributed by atoms with Crippen LogP contribution in [0.25, 0.3) is 5.70 Å². The third-order valence-electron chi connectivity index (χ3n) is 3.55. The first-order valence-electron chi connectivity index (χ1n) is 6.15. The summed E-state index contributed by atoms with van der Waals surface area (Å²) < 4.78 is 0.843. The Morgan fingerprint density at radius 3 is 2.70 bits per heavy atom. The molecule has 0 spiro atoms. The monoisotopic (exact) mass is 334 g/mol. The first-order chi connectivity index (χ1) is 9.49. The van der Waals surface area contributed by atoms with Gasteiger partial charge in [0.25, 0.3) is 5.91 Å². The Bertz CT molecular complexity index is 668. The highest BCUT2D eigenvalue weighted by Crippen LogP contribution is 2.36. The Labute approximate surface area is 123 Å². The molecule has 1 aromatic rings. The highest BCUT2D eigenvalue weighted by atomic mass is 79.9. The molecule has 20 heavy (non-hydrogen) atoms. The number of carbonyl (C=O) groups excluding carboxylic acids is 3. The summed E-state index contributed by atoms with van der Waals surface area (Å²) >= 11 is 3.35. The molecule has 2 aliphatic rings. The Hall–Kier alpha value is -1.95. The molecule has 0 radical (unpaired) electrons. The van der Waals surface area contributed by atoms with E-state index in [0.717, 1.165) is 4.47 Å². The number of nitrogens with one attached hydrogen (secondary N) is 1. The summed E-state index contributed by atoms with van der Waals surface area (Å²) in [7, 11) is 0. The molecule has 0 aromatic heterocycles. The lowest BCUT2D eigenvalue weighted by Gasteiger charge is -2.30. The lowest BCUT2D eigenvalue weighted by Crippen LogP contribution is -2.52. The predicted octanol–water partition coefficient (Wildman–Crippen LogP) is 1.68. The molecule has 1 saturated heterocycles. The van der Waals surface area contributed by atoms with Crippen LogP contribution >= 0.6 is 15.9 Å². The normalized spacial score (nSPS) is 22.1. The summed E-state index contributed by atoms with van der Waals surface area (Å²) in [5, 5.41) is 2.26. The van der Waals surface area contributed by atoms with Gasteiger partial charge in [0, 0.05) is 27.7 Å². The molecule has 0 aliphatic carbocycles. The van der Waals surface area contributed by atoms with Crippen LogP contribution in [0.4, 0.5) is 0 Å². The van der Waals surface area contributed by atoms with E-state index in [0.29, 0.717) is 23.2 Å². The highest BCUT2D eigenvalue weighted by molar-refractivity contribution is 9.10. The molecule has 0 bridgehead atoms. The van der Waals surface area contributed by atoms with E-state index < -0.39 is 11.9 Å². The number of carbonyl (C=O) groups is 3. The summed E-state index contributed by atoms with van der Waals surface area (Å²) in [4.78, 5) is 36.9. The molecule has 1 N–H and O–H groups in total. The van der Waals surface area contributed by atoms with Crippen LogP contribution in [0.1, 0.15) is 28.8 Å². The molecule has 1 fully saturated rings. The number of nitrogens with zero attached hydrogens (tertiary/aromatic N) is 1. The van der Waals surface area contributed by atoms with Crippen LogP contribution < -0.4 is 5.32 Å². The SMILES string of the molecule is C=C1c2cc(Br)ccc2C(=O)N1C1CCC(=O)NC1=O. The van der Waals surface area contributed by atoms with Crippen molar-refractivity contribution in [2.24, 2.45) is 0 Å². The van der Waals surface area contributed by atoms with Crippen molar-refractivity contribution in [2.75, 3.05) is 0 Å². The smallest absolute Gasteiger partial charge is 0.259 e. The number of halogens is 1. The number of hydrogen-bond acceptors (Lipinski definition) is 3. The predicted molar refractivity (Wildman–Crippen MR) is 75.5 cm³/mol. The Balaban J connectivity index is 1.97. The summed E-state index contributed by atoms with van der Waals surface area (Å²) in [5.74, 6) is -0.988. The largest absolute Gasteiger partial charge is 0.296 e. The fraction of sp³-hybridized carbons (Fsp3) is 0.214. The molecular formula is C14H11BrN2O3. The van der Waals surface area contributed by atoms with Gasteiger partial charge in [-0.05, 0) is 24.6 Å². The fourth-order valence-corrected chi connectivity index (χ4v) is 2.94. The second-order valence-electron chi connectivity index (χ2n) is 4.78. The Morgan fingerprint density at radius 1 is 1.25 bits per heavy atom. The average Bonchev–Trinajstić information content (AvgIpc) is 2.63. The fourth-order valence-electron chi connectivity index (χ4n) is 2.58. The standard InChI is InChI=1S/C14H11BrN2O3/c1-7-10-6-8(15)2-3-9(10)14(20)17(7)11-4-5-12(18)16-13(11)19/h2-3,6,11H,1,4-5H2,(H,16,18,19). The summed E-state index contributed by atoms with van der Waals surface area (Å²) in [6, 6.07) is 4.62. The van der Waals surface area contributed by atoms with E-state index >= 15 is 0 Å². The van der Waals surface area contributed by atoms with Crippen molar-refractivity contribution in [1.29, 1.82) is 0 Å². The minimum atomic E-state index is -0.668. The van der Waals surface area contributed by atoms with Crippen LogP contribution in [-0.2, 0) is 9.59 Å². The molecule has 0 saturated carbocycles. The van der Waals surface area contributed by atoms with Gasteiger partial charge in [-0.15, -0.1) is 0 Å². The minimum absolute atomic E-state index is 0.230. The minimum Gasteiger partial charge on any atom is -0.296 e. The van der Waals surface area contributed by atoms with Gasteiger partial charge in [-0.25, -0.2) is 0 Å². The van der Waals surface area contributed by atoms with Crippen molar-refractivity contribution in [3.05, 3.63) is 40.4 Å². The van der Waals surface area contributed by atoms with Crippen LogP contribution in [0.15, 0.2) is 29.3 Å². The van der Waals surface area contributed by atoms with Crippen LogP contribution in [0.3, 0.4) is 0 Å². The van der Waals surface area contributed by atoms with Crippen molar-refractivity contribution in [3.63, 3.8) is 0 Å². The van der Waals surface area contributed by atoms with E-state index in [1.54, 1.807) is 18.2 Å². The van der Waals surface area contributed by atoms with Gasteiger partial charge in [-0.3, -0.25) is 24.6 Å². The molecule has 6 heteroatoms. The highest BCUT2D eigenvalue weighted by Gasteiger charge is 2.41. The van der Waals surface area contributed by atoms with E-state index in [4.69, 9.17) is 0 Å². The maximum atomic E-state index is 12.4. The lowest BCUT2D eigenvalue weighted by atomic mass is 10.0. The molecule has 5 nitrogen and oxygen atoms in total. The molecular weight excluding hydrogens is 324 g/mol. The second-order valence-corrected chi connectivity index (χ2v) is 5.69. The average molecular weight is 335 g/mol. The molecule has 2 aliphatic heterocycles. The van der Waals surface area contributed by atoms with Gasteiger partial charge < -0.3 is 0 Å². The van der Waals surface area contributed by atoms with Crippen molar-refractivity contribution in [3.8, 4) is 0 Å². The third kappa shape index (κ3) is 1.87. The van der Waals surface area contributed by atoms with Gasteiger partial charge in [0.15, 0.2) is 0 Å². The first-order valence-corrected chi connectivity index (χ1v) is 6.94. The lowest BCUT2D eigenvalue weighted by molar-refractivity contribution is -0.136. The summed E-state index contributed by atoms with van der Waals surface area (Å²) in [6.45, 7) is 3.92. The maximum absolute atomic E-state index is 12.4. The van der Waals surface area contributed by atoms with E-state index in [9.17, 15) is 14.4 Å². The van der Waals surface area contributed by atoms with Crippen molar-refractivity contribution in [1.82, 2.24) is 10.2 Å². The van der Waals surface area contributed by atoms with Gasteiger partial charge in [-0.1, -0.05) is 22.5 Å². The number of amides is 3. The van der Waals surface area contributed by atoms with Crippen LogP contribution in [0, 0.1) is 0 Å². The van der Waals surface area contributed by atoms with Crippen molar-refractivity contribution < 1.29 is 14.4 Å². The number of fused-ring (bicyclic) bond motifs is 1. The zero-order valence-corrected chi connectivity index (χ0v) is 12.1. The van der Waals surface area contributed by atoms with Crippen molar-refractivity contribution in [2.45, 2.75) is 18.9 Å². The molecule has 102 valence electrons. The number of rotatable bonds is 1. The number of piperidine rings is 1. The number of benzene rings is 1. The topological polar surface area (TPSA) is 66.5 Å². The third-order valence-corrected chi connectivity index (χ3v) is 4.05. The summed E-state index contributed by atoms with van der Waals surface area (Å²) in [6.07, 6.45) is 0.554. The van der Waals surface area contributed by atoms with Crippen molar-refractivity contribution >= 4 is 39.3 Å². The quantitative estimate of drug-likeness (QED) is 0.794. The van der Waals surface area contributed by atoms with Gasteiger partial charge in [0.1, 0.15) is 6.04 Å². The molecule has 3 amide bonds. The number of hydrogen-bond donors (Lipinski definition) is 1. The Kier molecular flexibility index (Phi) is 2.97. The van der Waals surface area contributed by atoms with E-state index in [2.05, 4.69) is 27.8 Å². The Morgan fingerprint density at radius 2 is 2.00 bits per heavy atom. The molecule has 1 atom stereocenters. The zero-order valence-electron chi connectivity index (χ0n) is 10.5. The van der Waals surface area contributed by atoms with E-state index in [1.165, 1.54) is 4.90 Å².